The van der Waals surface area contributed by atoms with Gasteiger partial charge in [0, 0.05) is 31.5 Å². The molecule has 3 heterocycles. The van der Waals surface area contributed by atoms with Crippen molar-refractivity contribution in [3.8, 4) is 0 Å². The zero-order valence-corrected chi connectivity index (χ0v) is 11.0. The summed E-state index contributed by atoms with van der Waals surface area (Å²) < 4.78 is 28.2. The van der Waals surface area contributed by atoms with E-state index in [4.69, 9.17) is 5.73 Å². The summed E-state index contributed by atoms with van der Waals surface area (Å²) in [4.78, 5) is 3.09. The van der Waals surface area contributed by atoms with Crippen molar-refractivity contribution in [2.24, 2.45) is 5.73 Å². The van der Waals surface area contributed by atoms with Gasteiger partial charge in [-0.3, -0.25) is 0 Å². The second kappa shape index (κ2) is 4.44. The molecule has 0 aromatic carbocycles. The molecule has 2 aromatic rings. The van der Waals surface area contributed by atoms with Gasteiger partial charge in [0.25, 0.3) is 0 Å². The minimum Gasteiger partial charge on any atom is -0.363 e. The van der Waals surface area contributed by atoms with E-state index in [-0.39, 0.29) is 18.0 Å². The van der Waals surface area contributed by atoms with Crippen molar-refractivity contribution in [3.63, 3.8) is 0 Å². The smallest absolute Gasteiger partial charge is 0.245 e. The Labute approximate surface area is 110 Å². The zero-order valence-electron chi connectivity index (χ0n) is 10.2. The topological polar surface area (TPSA) is 110 Å². The minimum atomic E-state index is -3.51. The molecule has 0 saturated carbocycles. The number of hydrogen-bond donors (Lipinski definition) is 2. The fourth-order valence-corrected chi connectivity index (χ4v) is 3.49. The van der Waals surface area contributed by atoms with Crippen LogP contribution in [0.1, 0.15) is 11.5 Å². The average Bonchev–Trinajstić information content (AvgIpc) is 3.06. The number of H-pyrrole nitrogens is 1. The van der Waals surface area contributed by atoms with Crippen molar-refractivity contribution in [1.82, 2.24) is 24.1 Å². The molecule has 0 aliphatic carbocycles. The van der Waals surface area contributed by atoms with Crippen LogP contribution in [0.2, 0.25) is 0 Å². The van der Waals surface area contributed by atoms with E-state index in [1.165, 1.54) is 10.5 Å². The number of nitrogens with two attached hydrogens (primary N) is 1. The van der Waals surface area contributed by atoms with E-state index in [1.807, 2.05) is 4.57 Å². The Balaban J connectivity index is 1.89. The number of nitrogens with one attached hydrogen (secondary N) is 1. The molecule has 1 aliphatic heterocycles. The first kappa shape index (κ1) is 12.3. The second-order valence-corrected chi connectivity index (χ2v) is 6.28. The Bertz CT molecular complexity index is 688. The van der Waals surface area contributed by atoms with E-state index >= 15 is 0 Å². The molecule has 0 amide bonds. The van der Waals surface area contributed by atoms with E-state index in [9.17, 15) is 8.42 Å². The normalized spacial score (nSPS) is 16.5. The van der Waals surface area contributed by atoms with Gasteiger partial charge in [-0.2, -0.15) is 4.31 Å². The highest BCUT2D eigenvalue weighted by molar-refractivity contribution is 7.89. The van der Waals surface area contributed by atoms with Gasteiger partial charge in [0.2, 0.25) is 10.0 Å². The summed E-state index contributed by atoms with van der Waals surface area (Å²) in [6.45, 7) is 1.50. The minimum absolute atomic E-state index is 0.237. The third-order valence-electron chi connectivity index (χ3n) is 3.18. The van der Waals surface area contributed by atoms with Crippen LogP contribution >= 0.6 is 0 Å². The highest BCUT2D eigenvalue weighted by Crippen LogP contribution is 2.21. The van der Waals surface area contributed by atoms with E-state index < -0.39 is 10.0 Å². The summed E-state index contributed by atoms with van der Waals surface area (Å²) in [6.07, 6.45) is 3.08. The van der Waals surface area contributed by atoms with Gasteiger partial charge in [0.1, 0.15) is 12.2 Å². The predicted molar refractivity (Wildman–Crippen MR) is 66.3 cm³/mol. The Morgan fingerprint density at radius 1 is 1.42 bits per heavy atom. The molecule has 0 fully saturated rings. The second-order valence-electron chi connectivity index (χ2n) is 4.34. The summed E-state index contributed by atoms with van der Waals surface area (Å²) >= 11 is 0. The average molecular weight is 282 g/mol. The lowest BCUT2D eigenvalue weighted by molar-refractivity contribution is 0.335. The Morgan fingerprint density at radius 3 is 3.00 bits per heavy atom. The lowest BCUT2D eigenvalue weighted by Crippen LogP contribution is -2.38. The maximum absolute atomic E-state index is 12.5. The fourth-order valence-electron chi connectivity index (χ4n) is 2.08. The molecule has 0 atom stereocenters. The first-order valence-electron chi connectivity index (χ1n) is 5.85. The molecule has 2 aromatic heterocycles. The SMILES string of the molecule is NCc1cc(S(=O)(=O)N2CCn3cnnc3C2)c[nH]1. The third-order valence-corrected chi connectivity index (χ3v) is 5.00. The lowest BCUT2D eigenvalue weighted by Gasteiger charge is -2.25. The molecular weight excluding hydrogens is 268 g/mol. The first-order chi connectivity index (χ1) is 9.11. The van der Waals surface area contributed by atoms with E-state index in [1.54, 1.807) is 12.4 Å². The van der Waals surface area contributed by atoms with Gasteiger partial charge in [-0.25, -0.2) is 8.42 Å². The molecule has 9 heteroatoms. The van der Waals surface area contributed by atoms with Crippen molar-refractivity contribution in [1.29, 1.82) is 0 Å². The third kappa shape index (κ3) is 2.05. The maximum atomic E-state index is 12.5. The summed E-state index contributed by atoms with van der Waals surface area (Å²) in [5, 5.41) is 7.69. The molecule has 0 saturated heterocycles. The van der Waals surface area contributed by atoms with E-state index in [0.717, 1.165) is 0 Å². The van der Waals surface area contributed by atoms with E-state index in [0.29, 0.717) is 24.6 Å². The number of hydrogen-bond acceptors (Lipinski definition) is 5. The molecule has 19 heavy (non-hydrogen) atoms. The van der Waals surface area contributed by atoms with Crippen LogP contribution in [0.5, 0.6) is 0 Å². The summed E-state index contributed by atoms with van der Waals surface area (Å²) in [5.41, 5.74) is 6.17. The molecule has 0 unspecified atom stereocenters. The Kier molecular flexibility index (Phi) is 2.88. The number of nitrogens with zero attached hydrogens (tertiary/aromatic N) is 4. The number of rotatable bonds is 3. The van der Waals surface area contributed by atoms with Crippen molar-refractivity contribution in [3.05, 3.63) is 30.1 Å². The lowest BCUT2D eigenvalue weighted by atomic mass is 10.4. The van der Waals surface area contributed by atoms with Crippen LogP contribution in [-0.2, 0) is 29.7 Å². The Hall–Kier alpha value is -1.71. The van der Waals surface area contributed by atoms with Gasteiger partial charge in [-0.15, -0.1) is 10.2 Å². The molecule has 0 bridgehead atoms. The molecule has 3 N–H and O–H groups in total. The van der Waals surface area contributed by atoms with Crippen LogP contribution in [0.3, 0.4) is 0 Å². The first-order valence-corrected chi connectivity index (χ1v) is 7.29. The van der Waals surface area contributed by atoms with Crippen LogP contribution < -0.4 is 5.73 Å². The largest absolute Gasteiger partial charge is 0.363 e. The number of sulfonamides is 1. The number of aromatic nitrogens is 4. The van der Waals surface area contributed by atoms with Crippen molar-refractivity contribution in [2.75, 3.05) is 6.54 Å². The number of aromatic amines is 1. The van der Waals surface area contributed by atoms with Gasteiger partial charge in [0.05, 0.1) is 11.4 Å². The highest BCUT2D eigenvalue weighted by atomic mass is 32.2. The van der Waals surface area contributed by atoms with Gasteiger partial charge in [-0.1, -0.05) is 0 Å². The summed E-state index contributed by atoms with van der Waals surface area (Å²) in [5.74, 6) is 0.657. The van der Waals surface area contributed by atoms with Crippen LogP contribution in [-0.4, -0.2) is 39.0 Å². The molecule has 0 spiro atoms. The van der Waals surface area contributed by atoms with Crippen molar-refractivity contribution in [2.45, 2.75) is 24.5 Å². The Morgan fingerprint density at radius 2 is 2.26 bits per heavy atom. The molecule has 1 aliphatic rings. The van der Waals surface area contributed by atoms with Gasteiger partial charge < -0.3 is 15.3 Å². The van der Waals surface area contributed by atoms with Crippen LogP contribution in [0.15, 0.2) is 23.5 Å². The van der Waals surface area contributed by atoms with Gasteiger partial charge in [0.15, 0.2) is 0 Å². The van der Waals surface area contributed by atoms with Gasteiger partial charge in [-0.05, 0) is 6.07 Å². The number of fused-ring (bicyclic) bond motifs is 1. The van der Waals surface area contributed by atoms with Crippen molar-refractivity contribution >= 4 is 10.0 Å². The highest BCUT2D eigenvalue weighted by Gasteiger charge is 2.29. The predicted octanol–water partition coefficient (Wildman–Crippen LogP) is -0.731. The molecule has 3 rings (SSSR count). The standard InChI is InChI=1S/C10H14N6O2S/c11-4-8-3-9(5-12-8)19(17,18)16-2-1-15-7-13-14-10(15)6-16/h3,5,7,12H,1-2,4,6,11H2. The van der Waals surface area contributed by atoms with Crippen LogP contribution in [0.25, 0.3) is 0 Å². The van der Waals surface area contributed by atoms with Gasteiger partial charge >= 0.3 is 0 Å². The van der Waals surface area contributed by atoms with Crippen LogP contribution in [0.4, 0.5) is 0 Å². The molecule has 8 nitrogen and oxygen atoms in total. The summed E-state index contributed by atoms with van der Waals surface area (Å²) in [6, 6.07) is 1.56. The molecule has 102 valence electrons. The zero-order chi connectivity index (χ0) is 13.5. The van der Waals surface area contributed by atoms with Crippen molar-refractivity contribution < 1.29 is 8.42 Å². The quantitative estimate of drug-likeness (QED) is 0.771. The fraction of sp³-hybridized carbons (Fsp3) is 0.400. The van der Waals surface area contributed by atoms with Crippen LogP contribution in [0, 0.1) is 0 Å². The van der Waals surface area contributed by atoms with E-state index in [2.05, 4.69) is 15.2 Å². The monoisotopic (exact) mass is 282 g/mol. The molecule has 0 radical (unpaired) electrons. The molecular formula is C10H14N6O2S. The summed E-state index contributed by atoms with van der Waals surface area (Å²) in [7, 11) is -3.51. The maximum Gasteiger partial charge on any atom is 0.245 e.